The highest BCUT2D eigenvalue weighted by Gasteiger charge is 2.22. The first-order chi connectivity index (χ1) is 9.75. The number of aromatic nitrogens is 1. The highest BCUT2D eigenvalue weighted by Crippen LogP contribution is 2.37. The van der Waals surface area contributed by atoms with Crippen molar-refractivity contribution in [3.63, 3.8) is 0 Å². The van der Waals surface area contributed by atoms with E-state index in [1.165, 1.54) is 40.4 Å². The molecule has 20 heavy (non-hydrogen) atoms. The summed E-state index contributed by atoms with van der Waals surface area (Å²) < 4.78 is 0. The summed E-state index contributed by atoms with van der Waals surface area (Å²) in [5.74, 6) is 0.528. The van der Waals surface area contributed by atoms with Crippen LogP contribution in [0.5, 0.6) is 0 Å². The van der Waals surface area contributed by atoms with E-state index in [9.17, 15) is 0 Å². The van der Waals surface area contributed by atoms with Crippen LogP contribution >= 0.6 is 11.3 Å². The van der Waals surface area contributed by atoms with Gasteiger partial charge in [0.25, 0.3) is 0 Å². The molecule has 1 aliphatic rings. The summed E-state index contributed by atoms with van der Waals surface area (Å²) in [7, 11) is 0. The lowest BCUT2D eigenvalue weighted by Crippen LogP contribution is -2.26. The molecule has 2 heterocycles. The van der Waals surface area contributed by atoms with Crippen molar-refractivity contribution in [3.05, 3.63) is 40.2 Å². The van der Waals surface area contributed by atoms with Crippen LogP contribution in [0.3, 0.4) is 0 Å². The monoisotopic (exact) mass is 286 g/mol. The van der Waals surface area contributed by atoms with Gasteiger partial charge in [0.1, 0.15) is 5.01 Å². The summed E-state index contributed by atoms with van der Waals surface area (Å²) >= 11 is 1.90. The second-order valence-electron chi connectivity index (χ2n) is 5.79. The van der Waals surface area contributed by atoms with Crippen molar-refractivity contribution in [2.75, 3.05) is 6.54 Å². The largest absolute Gasteiger partial charge is 0.308 e. The van der Waals surface area contributed by atoms with Crippen molar-refractivity contribution in [1.82, 2.24) is 10.3 Å². The molecule has 1 N–H and O–H groups in total. The predicted molar refractivity (Wildman–Crippen MR) is 86.2 cm³/mol. The molecule has 2 nitrogen and oxygen atoms in total. The average molecular weight is 286 g/mol. The van der Waals surface area contributed by atoms with E-state index in [0.717, 1.165) is 6.54 Å². The fraction of sp³-hybridized carbons (Fsp3) is 0.471. The zero-order valence-electron chi connectivity index (χ0n) is 12.2. The second kappa shape index (κ2) is 6.06. The van der Waals surface area contributed by atoms with Gasteiger partial charge in [0, 0.05) is 10.4 Å². The number of piperidine rings is 1. The molecule has 0 aliphatic carbocycles. The van der Waals surface area contributed by atoms with Crippen molar-refractivity contribution in [2.45, 2.75) is 45.1 Å². The first-order valence-corrected chi connectivity index (χ1v) is 8.37. The number of nitrogens with zero attached hydrogens (tertiary/aromatic N) is 1. The van der Waals surface area contributed by atoms with Crippen molar-refractivity contribution in [1.29, 1.82) is 0 Å². The quantitative estimate of drug-likeness (QED) is 0.881. The Balaban J connectivity index is 1.98. The Morgan fingerprint density at radius 3 is 2.65 bits per heavy atom. The Kier molecular flexibility index (Phi) is 4.18. The van der Waals surface area contributed by atoms with E-state index in [4.69, 9.17) is 4.98 Å². The lowest BCUT2D eigenvalue weighted by molar-refractivity contribution is 0.411. The van der Waals surface area contributed by atoms with Gasteiger partial charge in [-0.05, 0) is 25.3 Å². The molecule has 0 bridgehead atoms. The third-order valence-corrected chi connectivity index (χ3v) is 5.32. The SMILES string of the molecule is CC(C)c1sc(C2CCCCN2)nc1-c1ccccc1. The topological polar surface area (TPSA) is 24.9 Å². The maximum absolute atomic E-state index is 4.98. The number of thiazole rings is 1. The first kappa shape index (κ1) is 13.8. The van der Waals surface area contributed by atoms with Crippen LogP contribution in [0.4, 0.5) is 0 Å². The van der Waals surface area contributed by atoms with Crippen molar-refractivity contribution in [3.8, 4) is 11.3 Å². The van der Waals surface area contributed by atoms with Gasteiger partial charge in [0.05, 0.1) is 11.7 Å². The predicted octanol–water partition coefficient (Wildman–Crippen LogP) is 4.75. The minimum Gasteiger partial charge on any atom is -0.308 e. The zero-order valence-corrected chi connectivity index (χ0v) is 13.0. The van der Waals surface area contributed by atoms with Crippen LogP contribution in [0, 0.1) is 0 Å². The maximum Gasteiger partial charge on any atom is 0.111 e. The molecule has 2 aromatic rings. The Morgan fingerprint density at radius 1 is 1.20 bits per heavy atom. The van der Waals surface area contributed by atoms with Crippen LogP contribution < -0.4 is 5.32 Å². The normalized spacial score (nSPS) is 19.4. The van der Waals surface area contributed by atoms with Crippen LogP contribution in [-0.4, -0.2) is 11.5 Å². The van der Waals surface area contributed by atoms with Crippen molar-refractivity contribution >= 4 is 11.3 Å². The van der Waals surface area contributed by atoms with E-state index in [2.05, 4.69) is 49.5 Å². The molecule has 1 fully saturated rings. The van der Waals surface area contributed by atoms with Gasteiger partial charge in [-0.2, -0.15) is 0 Å². The minimum absolute atomic E-state index is 0.462. The van der Waals surface area contributed by atoms with E-state index in [-0.39, 0.29) is 0 Å². The summed E-state index contributed by atoms with van der Waals surface area (Å²) in [4.78, 5) is 6.40. The number of nitrogens with one attached hydrogen (secondary N) is 1. The maximum atomic E-state index is 4.98. The molecule has 0 spiro atoms. The molecule has 3 rings (SSSR count). The molecule has 1 aliphatic heterocycles. The first-order valence-electron chi connectivity index (χ1n) is 7.55. The van der Waals surface area contributed by atoms with Gasteiger partial charge < -0.3 is 5.32 Å². The molecule has 1 saturated heterocycles. The van der Waals surface area contributed by atoms with Crippen LogP contribution in [-0.2, 0) is 0 Å². The van der Waals surface area contributed by atoms with Gasteiger partial charge in [0.15, 0.2) is 0 Å². The smallest absolute Gasteiger partial charge is 0.111 e. The minimum atomic E-state index is 0.462. The lowest BCUT2D eigenvalue weighted by atomic mass is 10.0. The molecule has 0 saturated carbocycles. The van der Waals surface area contributed by atoms with Crippen molar-refractivity contribution in [2.24, 2.45) is 0 Å². The van der Waals surface area contributed by atoms with E-state index < -0.39 is 0 Å². The summed E-state index contributed by atoms with van der Waals surface area (Å²) in [6, 6.07) is 11.0. The number of hydrogen-bond acceptors (Lipinski definition) is 3. The Hall–Kier alpha value is -1.19. The molecule has 106 valence electrons. The van der Waals surface area contributed by atoms with Crippen LogP contribution in [0.1, 0.15) is 55.0 Å². The van der Waals surface area contributed by atoms with Gasteiger partial charge >= 0.3 is 0 Å². The number of rotatable bonds is 3. The van der Waals surface area contributed by atoms with Gasteiger partial charge in [-0.3, -0.25) is 0 Å². The average Bonchev–Trinajstić information content (AvgIpc) is 2.94. The standard InChI is InChI=1S/C17H22N2S/c1-12(2)16-15(13-8-4-3-5-9-13)19-17(20-16)14-10-6-7-11-18-14/h3-5,8-9,12,14,18H,6-7,10-11H2,1-2H3. The zero-order chi connectivity index (χ0) is 13.9. The van der Waals surface area contributed by atoms with Crippen LogP contribution in [0.2, 0.25) is 0 Å². The van der Waals surface area contributed by atoms with E-state index in [1.807, 2.05) is 11.3 Å². The Labute approximate surface area is 125 Å². The third kappa shape index (κ3) is 2.79. The third-order valence-electron chi connectivity index (χ3n) is 3.85. The van der Waals surface area contributed by atoms with E-state index >= 15 is 0 Å². The van der Waals surface area contributed by atoms with Crippen LogP contribution in [0.25, 0.3) is 11.3 Å². The molecule has 1 unspecified atom stereocenters. The molecule has 1 aromatic carbocycles. The number of hydrogen-bond donors (Lipinski definition) is 1. The molecule has 3 heteroatoms. The van der Waals surface area contributed by atoms with Gasteiger partial charge in [0.2, 0.25) is 0 Å². The summed E-state index contributed by atoms with van der Waals surface area (Å²) in [5, 5.41) is 4.88. The Bertz CT molecular complexity index is 554. The second-order valence-corrected chi connectivity index (χ2v) is 6.85. The van der Waals surface area contributed by atoms with Crippen LogP contribution in [0.15, 0.2) is 30.3 Å². The van der Waals surface area contributed by atoms with Gasteiger partial charge in [-0.25, -0.2) is 4.98 Å². The fourth-order valence-electron chi connectivity index (χ4n) is 2.75. The van der Waals surface area contributed by atoms with E-state index in [1.54, 1.807) is 0 Å². The molecular weight excluding hydrogens is 264 g/mol. The summed E-state index contributed by atoms with van der Waals surface area (Å²) in [6.07, 6.45) is 3.83. The molecule has 1 aromatic heterocycles. The van der Waals surface area contributed by atoms with Crippen molar-refractivity contribution < 1.29 is 0 Å². The highest BCUT2D eigenvalue weighted by atomic mass is 32.1. The summed E-state index contributed by atoms with van der Waals surface area (Å²) in [5.41, 5.74) is 2.43. The Morgan fingerprint density at radius 2 is 2.00 bits per heavy atom. The van der Waals surface area contributed by atoms with E-state index in [0.29, 0.717) is 12.0 Å². The molecule has 0 radical (unpaired) electrons. The summed E-state index contributed by atoms with van der Waals surface area (Å²) in [6.45, 7) is 5.65. The highest BCUT2D eigenvalue weighted by molar-refractivity contribution is 7.12. The fourth-order valence-corrected chi connectivity index (χ4v) is 3.96. The molecular formula is C17H22N2S. The lowest BCUT2D eigenvalue weighted by Gasteiger charge is -2.21. The van der Waals surface area contributed by atoms with Gasteiger partial charge in [-0.15, -0.1) is 11.3 Å². The number of benzene rings is 1. The van der Waals surface area contributed by atoms with Gasteiger partial charge in [-0.1, -0.05) is 50.6 Å². The molecule has 0 amide bonds. The molecule has 1 atom stereocenters.